The molecule has 2 saturated heterocycles. The summed E-state index contributed by atoms with van der Waals surface area (Å²) in [5.74, 6) is 0.206. The summed E-state index contributed by atoms with van der Waals surface area (Å²) in [6, 6.07) is 11.2. The van der Waals surface area contributed by atoms with Gasteiger partial charge in [-0.15, -0.1) is 11.3 Å². The van der Waals surface area contributed by atoms with E-state index in [1.165, 1.54) is 9.18 Å². The third-order valence-electron chi connectivity index (χ3n) is 5.39. The first-order chi connectivity index (χ1) is 14.4. The van der Waals surface area contributed by atoms with E-state index in [-0.39, 0.29) is 11.7 Å². The van der Waals surface area contributed by atoms with Crippen molar-refractivity contribution < 1.29 is 13.2 Å². The Bertz CT molecular complexity index is 1030. The van der Waals surface area contributed by atoms with E-state index >= 15 is 0 Å². The largest absolute Gasteiger partial charge is 0.337 e. The summed E-state index contributed by atoms with van der Waals surface area (Å²) in [5.41, 5.74) is 1.55. The second-order valence-electron chi connectivity index (χ2n) is 7.47. The van der Waals surface area contributed by atoms with Crippen LogP contribution in [-0.4, -0.2) is 62.6 Å². The van der Waals surface area contributed by atoms with Crippen molar-refractivity contribution in [3.63, 3.8) is 0 Å². The van der Waals surface area contributed by atoms with Gasteiger partial charge in [0.1, 0.15) is 0 Å². The molecule has 1 aromatic heterocycles. The molecule has 0 radical (unpaired) electrons. The van der Waals surface area contributed by atoms with E-state index in [0.717, 1.165) is 29.5 Å². The molecule has 9 heteroatoms. The first kappa shape index (κ1) is 21.4. The van der Waals surface area contributed by atoms with Gasteiger partial charge in [-0.1, -0.05) is 23.7 Å². The number of sulfonamides is 1. The van der Waals surface area contributed by atoms with E-state index in [4.69, 9.17) is 11.6 Å². The van der Waals surface area contributed by atoms with E-state index in [0.29, 0.717) is 31.7 Å². The third-order valence-corrected chi connectivity index (χ3v) is 8.48. The van der Waals surface area contributed by atoms with Crippen molar-refractivity contribution in [2.24, 2.45) is 0 Å². The third kappa shape index (κ3) is 5.06. The molecule has 160 valence electrons. The Kier molecular flexibility index (Phi) is 6.48. The molecule has 0 atom stereocenters. The van der Waals surface area contributed by atoms with Gasteiger partial charge in [-0.2, -0.15) is 0 Å². The van der Waals surface area contributed by atoms with E-state index in [2.05, 4.69) is 11.0 Å². The number of carbonyl (C=O) groups excluding carboxylic acids is 1. The quantitative estimate of drug-likeness (QED) is 0.636. The van der Waals surface area contributed by atoms with Crippen LogP contribution in [0.5, 0.6) is 0 Å². The van der Waals surface area contributed by atoms with Crippen LogP contribution in [0.25, 0.3) is 6.08 Å². The molecule has 2 aliphatic heterocycles. The predicted octanol–water partition coefficient (Wildman–Crippen LogP) is 3.30. The lowest BCUT2D eigenvalue weighted by atomic mass is 10.2. The molecule has 0 unspecified atom stereocenters. The number of benzene rings is 1. The molecule has 0 N–H and O–H groups in total. The molecule has 1 aromatic carbocycles. The maximum absolute atomic E-state index is 12.5. The molecule has 6 nitrogen and oxygen atoms in total. The fourth-order valence-electron chi connectivity index (χ4n) is 3.74. The van der Waals surface area contributed by atoms with Crippen LogP contribution in [0.15, 0.2) is 42.5 Å². The molecule has 2 aromatic rings. The predicted molar refractivity (Wildman–Crippen MR) is 122 cm³/mol. The molecule has 0 spiro atoms. The van der Waals surface area contributed by atoms with Crippen LogP contribution in [0.1, 0.15) is 16.9 Å². The van der Waals surface area contributed by atoms with Gasteiger partial charge in [-0.3, -0.25) is 14.0 Å². The molecule has 4 rings (SSSR count). The van der Waals surface area contributed by atoms with E-state index in [1.807, 2.05) is 23.1 Å². The van der Waals surface area contributed by atoms with Gasteiger partial charge in [0, 0.05) is 50.2 Å². The van der Waals surface area contributed by atoms with Gasteiger partial charge in [0.05, 0.1) is 15.8 Å². The topological polar surface area (TPSA) is 60.9 Å². The Morgan fingerprint density at radius 2 is 1.77 bits per heavy atom. The fourth-order valence-corrected chi connectivity index (χ4v) is 6.43. The lowest BCUT2D eigenvalue weighted by Gasteiger charge is -2.33. The summed E-state index contributed by atoms with van der Waals surface area (Å²) in [7, 11) is -3.17. The van der Waals surface area contributed by atoms with Gasteiger partial charge in [0.15, 0.2) is 0 Å². The Hall–Kier alpha value is -1.87. The van der Waals surface area contributed by atoms with Crippen LogP contribution >= 0.6 is 22.9 Å². The number of thiophene rings is 1. The maximum atomic E-state index is 12.5. The molecule has 2 fully saturated rings. The lowest BCUT2D eigenvalue weighted by molar-refractivity contribution is -0.127. The van der Waals surface area contributed by atoms with Crippen LogP contribution in [0.2, 0.25) is 4.34 Å². The molecule has 3 heterocycles. The number of anilines is 1. The number of halogens is 1. The normalized spacial score (nSPS) is 19.6. The highest BCUT2D eigenvalue weighted by atomic mass is 35.5. The Morgan fingerprint density at radius 3 is 2.37 bits per heavy atom. The molecule has 0 bridgehead atoms. The van der Waals surface area contributed by atoms with Crippen molar-refractivity contribution in [3.05, 3.63) is 57.3 Å². The zero-order valence-corrected chi connectivity index (χ0v) is 18.9. The number of hydrogen-bond acceptors (Lipinski definition) is 5. The van der Waals surface area contributed by atoms with Crippen LogP contribution < -0.4 is 4.31 Å². The summed E-state index contributed by atoms with van der Waals surface area (Å²) in [6.07, 6.45) is 4.04. The van der Waals surface area contributed by atoms with Gasteiger partial charge < -0.3 is 4.90 Å². The van der Waals surface area contributed by atoms with Gasteiger partial charge in [0.2, 0.25) is 15.9 Å². The first-order valence-corrected chi connectivity index (χ1v) is 12.8. The van der Waals surface area contributed by atoms with Gasteiger partial charge >= 0.3 is 0 Å². The van der Waals surface area contributed by atoms with Crippen LogP contribution in [0.3, 0.4) is 0 Å². The van der Waals surface area contributed by atoms with Crippen molar-refractivity contribution in [1.82, 2.24) is 9.80 Å². The first-order valence-electron chi connectivity index (χ1n) is 9.95. The van der Waals surface area contributed by atoms with Crippen molar-refractivity contribution in [2.45, 2.75) is 13.0 Å². The zero-order chi connectivity index (χ0) is 21.1. The Labute approximate surface area is 186 Å². The zero-order valence-electron chi connectivity index (χ0n) is 16.5. The Morgan fingerprint density at radius 1 is 1.03 bits per heavy atom. The van der Waals surface area contributed by atoms with Gasteiger partial charge in [-0.05, 0) is 42.3 Å². The fraction of sp³-hybridized carbons (Fsp3) is 0.381. The number of nitrogens with zero attached hydrogens (tertiary/aromatic N) is 3. The summed E-state index contributed by atoms with van der Waals surface area (Å²) in [6.45, 7) is 4.49. The van der Waals surface area contributed by atoms with Crippen molar-refractivity contribution in [2.75, 3.05) is 42.8 Å². The van der Waals surface area contributed by atoms with Gasteiger partial charge in [-0.25, -0.2) is 8.42 Å². The van der Waals surface area contributed by atoms with Crippen LogP contribution in [0.4, 0.5) is 5.69 Å². The number of hydrogen-bond donors (Lipinski definition) is 0. The summed E-state index contributed by atoms with van der Waals surface area (Å²) in [4.78, 5) is 18.0. The van der Waals surface area contributed by atoms with E-state index in [9.17, 15) is 13.2 Å². The average Bonchev–Trinajstić information content (AvgIpc) is 3.31. The number of amides is 1. The smallest absolute Gasteiger partial charge is 0.246 e. The SMILES string of the molecule is O=C(/C=C/c1ccc(N2CCCS2(=O)=O)cc1)N1CCN(Cc2ccc(Cl)s2)CC1. The van der Waals surface area contributed by atoms with Crippen molar-refractivity contribution in [3.8, 4) is 0 Å². The van der Waals surface area contributed by atoms with E-state index in [1.54, 1.807) is 35.6 Å². The molecular weight excluding hydrogens is 442 g/mol. The molecule has 1 amide bonds. The molecule has 30 heavy (non-hydrogen) atoms. The van der Waals surface area contributed by atoms with E-state index < -0.39 is 10.0 Å². The van der Waals surface area contributed by atoms with Gasteiger partial charge in [0.25, 0.3) is 0 Å². The highest BCUT2D eigenvalue weighted by molar-refractivity contribution is 7.93. The Balaban J connectivity index is 1.29. The second kappa shape index (κ2) is 9.09. The number of piperazine rings is 1. The minimum Gasteiger partial charge on any atom is -0.337 e. The van der Waals surface area contributed by atoms with Crippen molar-refractivity contribution in [1.29, 1.82) is 0 Å². The molecule has 0 aliphatic carbocycles. The number of carbonyl (C=O) groups is 1. The monoisotopic (exact) mass is 465 g/mol. The summed E-state index contributed by atoms with van der Waals surface area (Å²) in [5, 5.41) is 0. The highest BCUT2D eigenvalue weighted by Gasteiger charge is 2.28. The minimum atomic E-state index is -3.17. The highest BCUT2D eigenvalue weighted by Crippen LogP contribution is 2.25. The summed E-state index contributed by atoms with van der Waals surface area (Å²) < 4.78 is 26.3. The molecular formula is C21H24ClN3O3S2. The lowest BCUT2D eigenvalue weighted by Crippen LogP contribution is -2.47. The molecule has 2 aliphatic rings. The maximum Gasteiger partial charge on any atom is 0.246 e. The standard InChI is InChI=1S/C21H24ClN3O3S2/c22-20-8-7-19(29-20)16-23-11-13-24(14-12-23)21(26)9-4-17-2-5-18(6-3-17)25-10-1-15-30(25,27)28/h2-9H,1,10-16H2/b9-4+. The van der Waals surface area contributed by atoms with Crippen LogP contribution in [-0.2, 0) is 21.4 Å². The van der Waals surface area contributed by atoms with Crippen molar-refractivity contribution >= 4 is 50.6 Å². The summed E-state index contributed by atoms with van der Waals surface area (Å²) >= 11 is 7.59. The number of rotatable bonds is 5. The minimum absolute atomic E-state index is 0.0000141. The van der Waals surface area contributed by atoms with Crippen LogP contribution in [0, 0.1) is 0 Å². The molecule has 0 saturated carbocycles. The second-order valence-corrected chi connectivity index (χ2v) is 11.3. The average molecular weight is 466 g/mol.